The van der Waals surface area contributed by atoms with Crippen LogP contribution in [-0.2, 0) is 11.3 Å². The lowest BCUT2D eigenvalue weighted by Crippen LogP contribution is -2.19. The summed E-state index contributed by atoms with van der Waals surface area (Å²) < 4.78 is 10.4. The first-order valence-corrected chi connectivity index (χ1v) is 8.56. The van der Waals surface area contributed by atoms with Gasteiger partial charge in [0.25, 0.3) is 5.56 Å². The van der Waals surface area contributed by atoms with Crippen LogP contribution >= 0.6 is 11.3 Å². The molecule has 7 nitrogen and oxygen atoms in total. The molecule has 3 aromatic rings. The summed E-state index contributed by atoms with van der Waals surface area (Å²) in [5.74, 6) is 0.986. The topological polar surface area (TPSA) is 93.3 Å². The van der Waals surface area contributed by atoms with Gasteiger partial charge in [-0.2, -0.15) is 0 Å². The van der Waals surface area contributed by atoms with Crippen molar-refractivity contribution in [2.45, 2.75) is 6.54 Å². The Morgan fingerprint density at radius 2 is 2.08 bits per heavy atom. The van der Waals surface area contributed by atoms with Crippen molar-refractivity contribution in [3.05, 3.63) is 57.5 Å². The summed E-state index contributed by atoms with van der Waals surface area (Å²) in [5.41, 5.74) is 0.632. The van der Waals surface area contributed by atoms with E-state index in [1.54, 1.807) is 38.5 Å². The molecule has 0 aliphatic rings. The number of H-pyrrole nitrogens is 1. The number of aromatic amines is 1. The van der Waals surface area contributed by atoms with Crippen LogP contribution in [-0.4, -0.2) is 30.1 Å². The Balaban J connectivity index is 1.64. The molecule has 0 unspecified atom stereocenters. The summed E-state index contributed by atoms with van der Waals surface area (Å²) >= 11 is 1.38. The van der Waals surface area contributed by atoms with Crippen LogP contribution in [0.1, 0.15) is 10.4 Å². The summed E-state index contributed by atoms with van der Waals surface area (Å²) in [4.78, 5) is 31.8. The van der Waals surface area contributed by atoms with Crippen molar-refractivity contribution in [3.8, 4) is 11.5 Å². The van der Waals surface area contributed by atoms with Crippen molar-refractivity contribution in [1.29, 1.82) is 0 Å². The Morgan fingerprint density at radius 1 is 1.27 bits per heavy atom. The summed E-state index contributed by atoms with van der Waals surface area (Å²) in [5, 5.41) is 3.32. The van der Waals surface area contributed by atoms with Gasteiger partial charge >= 0.3 is 0 Å². The number of ether oxygens (including phenoxy) is 2. The predicted molar refractivity (Wildman–Crippen MR) is 101 cm³/mol. The van der Waals surface area contributed by atoms with E-state index in [1.807, 2.05) is 6.07 Å². The van der Waals surface area contributed by atoms with Crippen LogP contribution in [0.15, 0.2) is 41.5 Å². The van der Waals surface area contributed by atoms with Gasteiger partial charge in [0.05, 0.1) is 32.5 Å². The minimum Gasteiger partial charge on any atom is -0.493 e. The zero-order valence-electron chi connectivity index (χ0n) is 14.2. The quantitative estimate of drug-likeness (QED) is 0.649. The maximum absolute atomic E-state index is 12.0. The van der Waals surface area contributed by atoms with E-state index in [0.717, 1.165) is 10.4 Å². The number of carbonyl (C=O) groups excluding carboxylic acids is 1. The summed E-state index contributed by atoms with van der Waals surface area (Å²) in [6, 6.07) is 7.13. The number of rotatable bonds is 6. The van der Waals surface area contributed by atoms with Gasteiger partial charge in [-0.1, -0.05) is 6.07 Å². The highest BCUT2D eigenvalue weighted by atomic mass is 32.1. The zero-order valence-corrected chi connectivity index (χ0v) is 15.1. The number of fused-ring (bicyclic) bond motifs is 1. The second kappa shape index (κ2) is 7.83. The number of hydrogen-bond acceptors (Lipinski definition) is 6. The molecule has 0 saturated heterocycles. The maximum Gasteiger partial charge on any atom is 0.259 e. The molecule has 2 heterocycles. The largest absolute Gasteiger partial charge is 0.493 e. The lowest BCUT2D eigenvalue weighted by atomic mass is 10.2. The number of aromatic nitrogens is 2. The molecular weight excluding hydrogens is 354 g/mol. The molecule has 134 valence electrons. The minimum atomic E-state index is -0.237. The number of methoxy groups -OCH3 is 2. The van der Waals surface area contributed by atoms with E-state index in [4.69, 9.17) is 9.47 Å². The zero-order chi connectivity index (χ0) is 18.5. The molecular formula is C18H17N3O4S. The van der Waals surface area contributed by atoms with E-state index in [2.05, 4.69) is 15.3 Å². The lowest BCUT2D eigenvalue weighted by molar-refractivity contribution is -0.116. The summed E-state index contributed by atoms with van der Waals surface area (Å²) in [6.45, 7) is 0.329. The predicted octanol–water partition coefficient (Wildman–Crippen LogP) is 2.33. The van der Waals surface area contributed by atoms with Gasteiger partial charge in [0.2, 0.25) is 5.91 Å². The number of hydrogen-bond donors (Lipinski definition) is 2. The number of benzene rings is 1. The van der Waals surface area contributed by atoms with E-state index in [-0.39, 0.29) is 11.5 Å². The van der Waals surface area contributed by atoms with Crippen molar-refractivity contribution in [1.82, 2.24) is 15.3 Å². The normalized spacial score (nSPS) is 11.0. The minimum absolute atomic E-state index is 0.183. The van der Waals surface area contributed by atoms with E-state index >= 15 is 0 Å². The Morgan fingerprint density at radius 3 is 2.81 bits per heavy atom. The van der Waals surface area contributed by atoms with Crippen LogP contribution in [0, 0.1) is 0 Å². The van der Waals surface area contributed by atoms with Gasteiger partial charge in [-0.05, 0) is 29.8 Å². The van der Waals surface area contributed by atoms with E-state index in [0.29, 0.717) is 28.3 Å². The molecule has 0 bridgehead atoms. The molecule has 0 spiro atoms. The van der Waals surface area contributed by atoms with Gasteiger partial charge in [-0.3, -0.25) is 9.59 Å². The number of nitrogens with zero attached hydrogens (tertiary/aromatic N) is 1. The van der Waals surface area contributed by atoms with Crippen LogP contribution in [0.2, 0.25) is 0 Å². The molecule has 0 aliphatic heterocycles. The molecule has 0 fully saturated rings. The van der Waals surface area contributed by atoms with Gasteiger partial charge in [0, 0.05) is 11.0 Å². The van der Waals surface area contributed by atoms with Crippen LogP contribution in [0.3, 0.4) is 0 Å². The lowest BCUT2D eigenvalue weighted by Gasteiger charge is -2.07. The fourth-order valence-corrected chi connectivity index (χ4v) is 3.30. The van der Waals surface area contributed by atoms with Crippen molar-refractivity contribution in [2.75, 3.05) is 14.2 Å². The Labute approximate surface area is 153 Å². The van der Waals surface area contributed by atoms with Crippen LogP contribution in [0.25, 0.3) is 16.3 Å². The molecule has 0 aliphatic carbocycles. The average Bonchev–Trinajstić information content (AvgIpc) is 3.09. The molecule has 0 radical (unpaired) electrons. The van der Waals surface area contributed by atoms with Gasteiger partial charge in [-0.25, -0.2) is 4.98 Å². The number of amides is 1. The monoisotopic (exact) mass is 371 g/mol. The average molecular weight is 371 g/mol. The third-order valence-electron chi connectivity index (χ3n) is 3.66. The van der Waals surface area contributed by atoms with Gasteiger partial charge < -0.3 is 19.8 Å². The fourth-order valence-electron chi connectivity index (χ4n) is 2.37. The third-order valence-corrected chi connectivity index (χ3v) is 4.70. The van der Waals surface area contributed by atoms with Gasteiger partial charge in [0.1, 0.15) is 4.83 Å². The fraction of sp³-hybridized carbons (Fsp3) is 0.167. The van der Waals surface area contributed by atoms with Crippen LogP contribution in [0.4, 0.5) is 0 Å². The summed E-state index contributed by atoms with van der Waals surface area (Å²) in [6.07, 6.45) is 4.50. The molecule has 2 aromatic heterocycles. The number of thiophene rings is 1. The van der Waals surface area contributed by atoms with Crippen molar-refractivity contribution in [2.24, 2.45) is 0 Å². The van der Waals surface area contributed by atoms with Crippen molar-refractivity contribution >= 4 is 33.5 Å². The standard InChI is InChI=1S/C18H17N3O4S/c1-24-14-5-3-11(7-15(14)25-2)4-6-16(22)19-9-12-8-13-17(23)20-10-21-18(13)26-12/h3-8,10H,9H2,1-2H3,(H,19,22)(H,20,21,23)/b6-4+. The van der Waals surface area contributed by atoms with Crippen molar-refractivity contribution in [3.63, 3.8) is 0 Å². The van der Waals surface area contributed by atoms with Crippen molar-refractivity contribution < 1.29 is 14.3 Å². The summed E-state index contributed by atoms with van der Waals surface area (Å²) in [7, 11) is 3.13. The molecule has 1 amide bonds. The highest BCUT2D eigenvalue weighted by Crippen LogP contribution is 2.28. The molecule has 3 rings (SSSR count). The molecule has 0 atom stereocenters. The second-order valence-corrected chi connectivity index (χ2v) is 6.44. The first kappa shape index (κ1) is 17.7. The molecule has 8 heteroatoms. The SMILES string of the molecule is COc1ccc(/C=C/C(=O)NCc2cc3c(=O)[nH]cnc3s2)cc1OC. The molecule has 2 N–H and O–H groups in total. The Hall–Kier alpha value is -3.13. The molecule has 0 saturated carbocycles. The van der Waals surface area contributed by atoms with Gasteiger partial charge in [-0.15, -0.1) is 11.3 Å². The van der Waals surface area contributed by atoms with Crippen LogP contribution in [0.5, 0.6) is 11.5 Å². The van der Waals surface area contributed by atoms with Crippen LogP contribution < -0.4 is 20.3 Å². The second-order valence-electron chi connectivity index (χ2n) is 5.33. The smallest absolute Gasteiger partial charge is 0.259 e. The van der Waals surface area contributed by atoms with Gasteiger partial charge in [0.15, 0.2) is 11.5 Å². The maximum atomic E-state index is 12.0. The van der Waals surface area contributed by atoms with E-state index in [1.165, 1.54) is 23.7 Å². The first-order chi connectivity index (χ1) is 12.6. The highest BCUT2D eigenvalue weighted by Gasteiger charge is 2.07. The highest BCUT2D eigenvalue weighted by molar-refractivity contribution is 7.18. The molecule has 26 heavy (non-hydrogen) atoms. The first-order valence-electron chi connectivity index (χ1n) is 7.74. The van der Waals surface area contributed by atoms with E-state index < -0.39 is 0 Å². The Kier molecular flexibility index (Phi) is 5.33. The van der Waals surface area contributed by atoms with E-state index in [9.17, 15) is 9.59 Å². The number of carbonyl (C=O) groups is 1. The number of nitrogens with one attached hydrogen (secondary N) is 2. The Bertz CT molecular complexity index is 1020. The molecule has 1 aromatic carbocycles. The third kappa shape index (κ3) is 3.92.